The summed E-state index contributed by atoms with van der Waals surface area (Å²) >= 11 is 0. The number of H-pyrrole nitrogens is 1. The number of rotatable bonds is 6. The molecule has 0 bridgehead atoms. The van der Waals surface area contributed by atoms with Gasteiger partial charge in [-0.05, 0) is 32.2 Å². The molecule has 4 heterocycles. The van der Waals surface area contributed by atoms with Gasteiger partial charge in [-0.1, -0.05) is 36.4 Å². The van der Waals surface area contributed by atoms with Crippen molar-refractivity contribution in [1.82, 2.24) is 19.5 Å². The SMILES string of the molecule is CC1(C)OC2[C@@H](CO[P+](=O)Oc3cccc4ccccc34)O[C@@H](n3cnc4c(=O)[nH]c(N)nc43)C2(C)O1. The minimum absolute atomic E-state index is 0.0506. The molecule has 5 atom stereocenters. The lowest BCUT2D eigenvalue weighted by Gasteiger charge is -2.30. The highest BCUT2D eigenvalue weighted by molar-refractivity contribution is 7.33. The van der Waals surface area contributed by atoms with E-state index in [1.54, 1.807) is 24.5 Å². The first-order chi connectivity index (χ1) is 17.6. The van der Waals surface area contributed by atoms with Crippen LogP contribution in [0, 0.1) is 0 Å². The topological polar surface area (TPSA) is 153 Å². The van der Waals surface area contributed by atoms with E-state index in [1.165, 1.54) is 6.33 Å². The van der Waals surface area contributed by atoms with E-state index in [1.807, 2.05) is 43.3 Å². The molecule has 2 aliphatic rings. The maximum Gasteiger partial charge on any atom is 0.750 e. The lowest BCUT2D eigenvalue weighted by Crippen LogP contribution is -2.42. The third-order valence-electron chi connectivity index (χ3n) is 6.54. The Labute approximate surface area is 211 Å². The van der Waals surface area contributed by atoms with Crippen molar-refractivity contribution in [2.24, 2.45) is 0 Å². The summed E-state index contributed by atoms with van der Waals surface area (Å²) in [4.78, 5) is 23.2. The van der Waals surface area contributed by atoms with E-state index in [4.69, 9.17) is 29.0 Å². The van der Waals surface area contributed by atoms with E-state index in [0.717, 1.165) is 10.8 Å². The van der Waals surface area contributed by atoms with Crippen LogP contribution in [-0.4, -0.2) is 49.7 Å². The zero-order chi connectivity index (χ0) is 25.9. The van der Waals surface area contributed by atoms with Gasteiger partial charge < -0.3 is 19.9 Å². The predicted molar refractivity (Wildman–Crippen MR) is 133 cm³/mol. The fraction of sp³-hybridized carbons (Fsp3) is 0.375. The Morgan fingerprint density at radius 2 is 1.97 bits per heavy atom. The van der Waals surface area contributed by atoms with Crippen LogP contribution in [0.2, 0.25) is 0 Å². The molecule has 2 fully saturated rings. The van der Waals surface area contributed by atoms with E-state index >= 15 is 0 Å². The van der Waals surface area contributed by atoms with Crippen LogP contribution in [0.3, 0.4) is 0 Å². The molecule has 2 aromatic carbocycles. The van der Waals surface area contributed by atoms with Gasteiger partial charge in [0.25, 0.3) is 5.56 Å². The van der Waals surface area contributed by atoms with Gasteiger partial charge in [0.05, 0.1) is 6.33 Å². The number of ether oxygens (including phenoxy) is 3. The van der Waals surface area contributed by atoms with Crippen LogP contribution in [0.4, 0.5) is 5.95 Å². The Hall–Kier alpha value is -3.41. The summed E-state index contributed by atoms with van der Waals surface area (Å²) in [6, 6.07) is 13.1. The molecule has 12 nitrogen and oxygen atoms in total. The zero-order valence-corrected chi connectivity index (χ0v) is 21.2. The summed E-state index contributed by atoms with van der Waals surface area (Å²) in [7, 11) is -2.52. The number of benzene rings is 2. The largest absolute Gasteiger partial charge is 0.750 e. The molecular formula is C24H25N5O7P+. The van der Waals surface area contributed by atoms with E-state index in [0.29, 0.717) is 5.75 Å². The smallest absolute Gasteiger partial charge is 0.369 e. The Morgan fingerprint density at radius 3 is 2.81 bits per heavy atom. The molecule has 2 saturated heterocycles. The lowest BCUT2D eigenvalue weighted by molar-refractivity contribution is -0.216. The van der Waals surface area contributed by atoms with Crippen LogP contribution < -0.4 is 15.8 Å². The second-order valence-electron chi connectivity index (χ2n) is 9.61. The summed E-state index contributed by atoms with van der Waals surface area (Å²) in [5.41, 5.74) is 4.65. The van der Waals surface area contributed by atoms with Crippen molar-refractivity contribution in [3.05, 3.63) is 59.1 Å². The molecule has 3 N–H and O–H groups in total. The first kappa shape index (κ1) is 24.0. The molecule has 0 radical (unpaired) electrons. The highest BCUT2D eigenvalue weighted by Crippen LogP contribution is 2.51. The molecule has 192 valence electrons. The van der Waals surface area contributed by atoms with Gasteiger partial charge in [-0.15, -0.1) is 4.52 Å². The number of hydrogen-bond acceptors (Lipinski definition) is 10. The average Bonchev–Trinajstić information content (AvgIpc) is 3.44. The number of nitrogens with zero attached hydrogens (tertiary/aromatic N) is 3. The van der Waals surface area contributed by atoms with Gasteiger partial charge in [-0.25, -0.2) is 9.51 Å². The van der Waals surface area contributed by atoms with E-state index in [2.05, 4.69) is 15.0 Å². The second kappa shape index (κ2) is 8.57. The fourth-order valence-electron chi connectivity index (χ4n) is 5.14. The third-order valence-corrected chi connectivity index (χ3v) is 7.25. The minimum Gasteiger partial charge on any atom is -0.369 e. The molecule has 3 unspecified atom stereocenters. The van der Waals surface area contributed by atoms with Gasteiger partial charge in [0.15, 0.2) is 28.9 Å². The molecule has 6 rings (SSSR count). The van der Waals surface area contributed by atoms with Crippen LogP contribution >= 0.6 is 8.25 Å². The monoisotopic (exact) mass is 526 g/mol. The van der Waals surface area contributed by atoms with Gasteiger partial charge in [-0.3, -0.25) is 14.3 Å². The zero-order valence-electron chi connectivity index (χ0n) is 20.3. The number of fused-ring (bicyclic) bond motifs is 3. The quantitative estimate of drug-likeness (QED) is 0.357. The van der Waals surface area contributed by atoms with Crippen LogP contribution in [0.1, 0.15) is 27.0 Å². The second-order valence-corrected chi connectivity index (χ2v) is 10.5. The van der Waals surface area contributed by atoms with Crippen molar-refractivity contribution >= 4 is 36.1 Å². The first-order valence-electron chi connectivity index (χ1n) is 11.7. The van der Waals surface area contributed by atoms with Gasteiger partial charge in [0, 0.05) is 9.95 Å². The molecule has 2 aliphatic heterocycles. The number of anilines is 1. The van der Waals surface area contributed by atoms with Crippen molar-refractivity contribution < 1.29 is 27.8 Å². The van der Waals surface area contributed by atoms with Crippen LogP contribution in [0.15, 0.2) is 53.6 Å². The Balaban J connectivity index is 1.25. The number of aromatic nitrogens is 4. The van der Waals surface area contributed by atoms with Gasteiger partial charge in [-0.2, -0.15) is 4.98 Å². The number of imidazole rings is 1. The maximum absolute atomic E-state index is 12.8. The molecule has 0 aliphatic carbocycles. The Kier molecular flexibility index (Phi) is 5.55. The molecule has 37 heavy (non-hydrogen) atoms. The third kappa shape index (κ3) is 4.07. The number of aromatic amines is 1. The van der Waals surface area contributed by atoms with Crippen molar-refractivity contribution in [3.63, 3.8) is 0 Å². The lowest BCUT2D eigenvalue weighted by atomic mass is 9.96. The van der Waals surface area contributed by atoms with Gasteiger partial charge in [0.1, 0.15) is 24.4 Å². The number of hydrogen-bond donors (Lipinski definition) is 2. The molecule has 0 amide bonds. The summed E-state index contributed by atoms with van der Waals surface area (Å²) in [5.74, 6) is -0.526. The summed E-state index contributed by atoms with van der Waals surface area (Å²) in [5, 5.41) is 1.78. The molecule has 0 saturated carbocycles. The highest BCUT2D eigenvalue weighted by Gasteiger charge is 2.65. The Morgan fingerprint density at radius 1 is 1.19 bits per heavy atom. The first-order valence-corrected chi connectivity index (χ1v) is 12.8. The average molecular weight is 526 g/mol. The standard InChI is InChI=1S/C24H24N5O7P/c1-23(2)34-18-16(11-32-37(31)35-15-10-6-8-13-7-4-5-9-14(13)15)33-21(24(18,3)36-23)29-12-26-17-19(29)27-22(25)28-20(17)30/h4-10,12,16,18,21H,11H2,1-3H3,(H2-,25,27,28,30)/p+1/t16-,18?,21-,24?/m1/s1. The van der Waals surface area contributed by atoms with Crippen molar-refractivity contribution in [2.45, 2.75) is 50.6 Å². The molecular weight excluding hydrogens is 501 g/mol. The van der Waals surface area contributed by atoms with Crippen molar-refractivity contribution in [1.29, 1.82) is 0 Å². The normalized spacial score (nSPS) is 27.0. The maximum atomic E-state index is 12.8. The summed E-state index contributed by atoms with van der Waals surface area (Å²) < 4.78 is 44.4. The fourth-order valence-corrected chi connectivity index (χ4v) is 5.78. The molecule has 13 heteroatoms. The highest BCUT2D eigenvalue weighted by atomic mass is 31.1. The van der Waals surface area contributed by atoms with Gasteiger partial charge in [0.2, 0.25) is 5.95 Å². The van der Waals surface area contributed by atoms with Crippen molar-refractivity contribution in [3.8, 4) is 5.75 Å². The minimum atomic E-state index is -2.52. The van der Waals surface area contributed by atoms with E-state index in [-0.39, 0.29) is 23.7 Å². The summed E-state index contributed by atoms with van der Waals surface area (Å²) in [6.45, 7) is 5.33. The van der Waals surface area contributed by atoms with Crippen LogP contribution in [0.25, 0.3) is 21.9 Å². The Bertz CT molecular complexity index is 1580. The predicted octanol–water partition coefficient (Wildman–Crippen LogP) is 3.42. The summed E-state index contributed by atoms with van der Waals surface area (Å²) in [6.07, 6.45) is -0.612. The number of nitrogens with two attached hydrogens (primary N) is 1. The van der Waals surface area contributed by atoms with Crippen LogP contribution in [-0.2, 0) is 23.3 Å². The van der Waals surface area contributed by atoms with Gasteiger partial charge >= 0.3 is 8.25 Å². The number of nitrogens with one attached hydrogen (secondary N) is 1. The molecule has 0 spiro atoms. The van der Waals surface area contributed by atoms with Crippen LogP contribution in [0.5, 0.6) is 5.75 Å². The number of nitrogen functional groups attached to an aromatic ring is 1. The van der Waals surface area contributed by atoms with E-state index in [9.17, 15) is 9.36 Å². The molecule has 4 aromatic rings. The van der Waals surface area contributed by atoms with Crippen molar-refractivity contribution in [2.75, 3.05) is 12.3 Å². The van der Waals surface area contributed by atoms with E-state index < -0.39 is 43.6 Å². The molecule has 2 aromatic heterocycles.